The van der Waals surface area contributed by atoms with Gasteiger partial charge in [-0.3, -0.25) is 43.2 Å². The Morgan fingerprint density at radius 3 is 0.939 bits per heavy atom. The van der Waals surface area contributed by atoms with E-state index in [2.05, 4.69) is 47.9 Å². The highest BCUT2D eigenvalue weighted by molar-refractivity contribution is 5.80. The third kappa shape index (κ3) is 35.9. The molecule has 3 aliphatic rings. The molecular weight excluding hydrogens is 1310 g/mol. The average molecular weight is 1430 g/mol. The van der Waals surface area contributed by atoms with Gasteiger partial charge in [0.1, 0.15) is 78.8 Å². The van der Waals surface area contributed by atoms with E-state index in [0.29, 0.717) is 84.0 Å². The SMILES string of the molecule is CC(=O)NC1C(OCCCCC(=O)CNCCCNC(=O)CCOCC(C)(COCCC(=O)NCCCNC(=O)CCCCOC2OC(CO)C(O)C(O)C2NC(C)=O)COCCC(=O)NCCCNC(=O)CCCCOC2OC(CO)C(O)C(O)C2NC(C)=O)OC(CO)C(O)C1O. The number of aliphatic hydroxyl groups is 9. The number of hydrogen-bond donors (Lipinski definition) is 18. The number of ether oxygens (including phenoxy) is 9. The van der Waals surface area contributed by atoms with Crippen molar-refractivity contribution in [1.82, 2.24) is 47.9 Å². The number of nitrogens with one attached hydrogen (secondary N) is 9. The van der Waals surface area contributed by atoms with Gasteiger partial charge >= 0.3 is 0 Å². The summed E-state index contributed by atoms with van der Waals surface area (Å²) in [4.78, 5) is 110. The maximum Gasteiger partial charge on any atom is 0.222 e. The van der Waals surface area contributed by atoms with Gasteiger partial charge in [-0.05, 0) is 64.3 Å². The van der Waals surface area contributed by atoms with Crippen LogP contribution in [0.1, 0.15) is 124 Å². The van der Waals surface area contributed by atoms with E-state index < -0.39 is 135 Å². The van der Waals surface area contributed by atoms with Crippen molar-refractivity contribution in [1.29, 1.82) is 0 Å². The zero-order chi connectivity index (χ0) is 73.1. The van der Waals surface area contributed by atoms with Gasteiger partial charge in [-0.15, -0.1) is 0 Å². The Kier molecular flexibility index (Phi) is 44.5. The minimum Gasteiger partial charge on any atom is -0.394 e. The van der Waals surface area contributed by atoms with Gasteiger partial charge in [0.25, 0.3) is 0 Å². The molecular formula is C63H113N9O27. The Morgan fingerprint density at radius 1 is 0.364 bits per heavy atom. The molecule has 0 aromatic carbocycles. The molecule has 0 saturated carbocycles. The van der Waals surface area contributed by atoms with Crippen LogP contribution in [0.3, 0.4) is 0 Å². The van der Waals surface area contributed by atoms with E-state index >= 15 is 0 Å². The lowest BCUT2D eigenvalue weighted by atomic mass is 9.94. The van der Waals surface area contributed by atoms with Crippen LogP contribution in [0.2, 0.25) is 0 Å². The lowest BCUT2D eigenvalue weighted by Gasteiger charge is -2.42. The predicted octanol–water partition coefficient (Wildman–Crippen LogP) is -6.49. The summed E-state index contributed by atoms with van der Waals surface area (Å²) in [6.45, 7) is 6.66. The highest BCUT2D eigenvalue weighted by Gasteiger charge is 2.48. The first-order valence-corrected chi connectivity index (χ1v) is 34.2. The van der Waals surface area contributed by atoms with E-state index in [4.69, 9.17) is 42.6 Å². The average Bonchev–Trinajstić information content (AvgIpc) is 0.825. The fraction of sp³-hybridized carbons (Fsp3) is 0.857. The Hall–Kier alpha value is -5.33. The molecule has 18 N–H and O–H groups in total. The zero-order valence-corrected chi connectivity index (χ0v) is 57.6. The molecule has 8 amide bonds. The molecule has 3 aliphatic heterocycles. The molecule has 0 spiro atoms. The van der Waals surface area contributed by atoms with Crippen LogP contribution in [-0.2, 0) is 85.8 Å². The van der Waals surface area contributed by atoms with E-state index in [0.717, 1.165) is 0 Å². The number of hydrogen-bond acceptors (Lipinski definition) is 28. The second kappa shape index (κ2) is 50.1. The first-order chi connectivity index (χ1) is 47.3. The summed E-state index contributed by atoms with van der Waals surface area (Å²) in [6, 6.07) is -3.20. The molecule has 0 radical (unpaired) electrons. The van der Waals surface area contributed by atoms with Gasteiger partial charge in [-0.25, -0.2) is 0 Å². The van der Waals surface area contributed by atoms with E-state index in [1.165, 1.54) is 20.8 Å². The molecule has 3 saturated heterocycles. The van der Waals surface area contributed by atoms with Crippen molar-refractivity contribution in [2.24, 2.45) is 5.41 Å². The van der Waals surface area contributed by atoms with Gasteiger partial charge in [-0.1, -0.05) is 6.92 Å². The zero-order valence-electron chi connectivity index (χ0n) is 57.6. The summed E-state index contributed by atoms with van der Waals surface area (Å²) in [5.41, 5.74) is -0.781. The van der Waals surface area contributed by atoms with Crippen molar-refractivity contribution in [2.75, 3.05) is 125 Å². The molecule has 0 aromatic heterocycles. The molecule has 3 fully saturated rings. The molecule has 36 heteroatoms. The number of carbonyl (C=O) groups excluding carboxylic acids is 9. The number of carbonyl (C=O) groups is 9. The van der Waals surface area contributed by atoms with Crippen LogP contribution in [-0.4, -0.2) is 316 Å². The van der Waals surface area contributed by atoms with Gasteiger partial charge in [0.05, 0.1) is 66.0 Å². The first kappa shape index (κ1) is 87.9. The quantitative estimate of drug-likeness (QED) is 0.0252. The Morgan fingerprint density at radius 2 is 0.646 bits per heavy atom. The summed E-state index contributed by atoms with van der Waals surface area (Å²) in [7, 11) is 0. The molecule has 36 nitrogen and oxygen atoms in total. The summed E-state index contributed by atoms with van der Waals surface area (Å²) in [5, 5.41) is 115. The fourth-order valence-electron chi connectivity index (χ4n) is 10.5. The van der Waals surface area contributed by atoms with Crippen molar-refractivity contribution < 1.29 is 132 Å². The maximum atomic E-state index is 12.7. The third-order valence-corrected chi connectivity index (χ3v) is 16.0. The molecule has 15 atom stereocenters. The highest BCUT2D eigenvalue weighted by atomic mass is 16.7. The van der Waals surface area contributed by atoms with Crippen LogP contribution in [0.25, 0.3) is 0 Å². The minimum absolute atomic E-state index is 0.0235. The number of ketones is 1. The van der Waals surface area contributed by atoms with Crippen LogP contribution >= 0.6 is 0 Å². The van der Waals surface area contributed by atoms with Crippen molar-refractivity contribution in [2.45, 2.75) is 216 Å². The molecule has 99 heavy (non-hydrogen) atoms. The molecule has 3 rings (SSSR count). The predicted molar refractivity (Wildman–Crippen MR) is 347 cm³/mol. The van der Waals surface area contributed by atoms with E-state index in [9.17, 15) is 89.1 Å². The molecule has 0 aliphatic carbocycles. The van der Waals surface area contributed by atoms with Crippen LogP contribution < -0.4 is 47.9 Å². The second-order valence-electron chi connectivity index (χ2n) is 25.0. The number of Topliss-reactive ketones (excluding diaryl/α,β-unsaturated/α-hetero) is 1. The Labute approximate surface area is 577 Å². The summed E-state index contributed by atoms with van der Waals surface area (Å²) in [5.74, 6) is -2.72. The molecule has 572 valence electrons. The number of unbranched alkanes of at least 4 members (excludes halogenated alkanes) is 3. The molecule has 15 unspecified atom stereocenters. The topological polar surface area (TPSA) is 527 Å². The standard InChI is InChI=1S/C63H113N9O27/c1-39(76)70-51-57(88)54(85)43(33-73)97-60(51)94-26-8-5-14-42(79)32-64-20-11-21-67-48(82)17-29-91-36-63(4,37-92-30-18-49(83)68-24-12-22-65-46(80)15-6-9-27-95-61-52(71-40(2)77)58(89)55(86)44(34-74)98-61)38-93-31-19-50(84)69-25-13-23-66-47(81)16-7-10-28-96-62-53(72-41(3)78)59(90)56(87)45(35-75)99-62/h43-45,51-62,64,73-75,85-90H,5-38H2,1-4H3,(H,65,80)(H,66,81)(H,67,82)(H,68,83)(H,69,84)(H,70,76)(H,71,77)(H,72,78). The van der Waals surface area contributed by atoms with E-state index in [-0.39, 0.29) is 153 Å². The van der Waals surface area contributed by atoms with Crippen molar-refractivity contribution in [3.63, 3.8) is 0 Å². The molecule has 3 heterocycles. The molecule has 0 bridgehead atoms. The van der Waals surface area contributed by atoms with Crippen molar-refractivity contribution in [3.05, 3.63) is 0 Å². The summed E-state index contributed by atoms with van der Waals surface area (Å²) < 4.78 is 51.5. The largest absolute Gasteiger partial charge is 0.394 e. The number of amides is 8. The van der Waals surface area contributed by atoms with Crippen molar-refractivity contribution in [3.8, 4) is 0 Å². The Bertz CT molecular complexity index is 2270. The van der Waals surface area contributed by atoms with Crippen LogP contribution in [0, 0.1) is 5.41 Å². The van der Waals surface area contributed by atoms with Crippen LogP contribution in [0.4, 0.5) is 0 Å². The van der Waals surface area contributed by atoms with Gasteiger partial charge in [-0.2, -0.15) is 0 Å². The highest BCUT2D eigenvalue weighted by Crippen LogP contribution is 2.26. The van der Waals surface area contributed by atoms with Gasteiger partial charge in [0, 0.05) is 117 Å². The van der Waals surface area contributed by atoms with Crippen molar-refractivity contribution >= 4 is 53.0 Å². The lowest BCUT2D eigenvalue weighted by molar-refractivity contribution is -0.270. The monoisotopic (exact) mass is 1430 g/mol. The fourth-order valence-corrected chi connectivity index (χ4v) is 10.5. The second-order valence-corrected chi connectivity index (χ2v) is 25.0. The summed E-state index contributed by atoms with van der Waals surface area (Å²) >= 11 is 0. The lowest BCUT2D eigenvalue weighted by Crippen LogP contribution is -2.64. The van der Waals surface area contributed by atoms with Gasteiger partial charge < -0.3 is 136 Å². The van der Waals surface area contributed by atoms with Crippen LogP contribution in [0.15, 0.2) is 0 Å². The van der Waals surface area contributed by atoms with Gasteiger partial charge in [0.15, 0.2) is 18.9 Å². The third-order valence-electron chi connectivity index (χ3n) is 16.0. The normalized spacial score (nSPS) is 25.9. The number of rotatable bonds is 53. The smallest absolute Gasteiger partial charge is 0.222 e. The Balaban J connectivity index is 1.33. The van der Waals surface area contributed by atoms with E-state index in [1.54, 1.807) is 0 Å². The summed E-state index contributed by atoms with van der Waals surface area (Å²) in [6.07, 6.45) is -10.5. The van der Waals surface area contributed by atoms with Gasteiger partial charge in [0.2, 0.25) is 47.3 Å². The van der Waals surface area contributed by atoms with Crippen LogP contribution in [0.5, 0.6) is 0 Å². The minimum atomic E-state index is -1.44. The number of aliphatic hydroxyl groups excluding tert-OH is 9. The maximum absolute atomic E-state index is 12.7. The first-order valence-electron chi connectivity index (χ1n) is 34.2. The molecule has 0 aromatic rings. The van der Waals surface area contributed by atoms with E-state index in [1.807, 2.05) is 6.92 Å².